The van der Waals surface area contributed by atoms with E-state index in [9.17, 15) is 4.79 Å². The highest BCUT2D eigenvalue weighted by molar-refractivity contribution is 5.74. The number of rotatable bonds is 5. The van der Waals surface area contributed by atoms with E-state index < -0.39 is 0 Å². The molecule has 130 valence electrons. The highest BCUT2D eigenvalue weighted by atomic mass is 16.4. The number of piperidine rings is 1. The Balaban J connectivity index is 1.54. The zero-order chi connectivity index (χ0) is 16.9. The summed E-state index contributed by atoms with van der Waals surface area (Å²) in [5, 5.41) is 11.3. The molecule has 0 bridgehead atoms. The maximum atomic E-state index is 12.3. The summed E-state index contributed by atoms with van der Waals surface area (Å²) in [5.74, 6) is 1.81. The van der Waals surface area contributed by atoms with Gasteiger partial charge in [0.2, 0.25) is 5.89 Å². The zero-order valence-electron chi connectivity index (χ0n) is 14.2. The molecule has 0 aliphatic carbocycles. The summed E-state index contributed by atoms with van der Waals surface area (Å²) in [4.78, 5) is 14.2. The van der Waals surface area contributed by atoms with Gasteiger partial charge in [-0.15, -0.1) is 10.2 Å². The van der Waals surface area contributed by atoms with Crippen LogP contribution in [-0.4, -0.2) is 40.3 Å². The summed E-state index contributed by atoms with van der Waals surface area (Å²) < 4.78 is 11.0. The Morgan fingerprint density at radius 1 is 1.33 bits per heavy atom. The standard InChI is InChI=1S/C17H24N4O3/c1-3-13(4-2)18-17(22)21-9-7-12(8-10-21)15-19-20-16(24-15)14-6-5-11-23-14/h5-6,11-13H,3-4,7-10H2,1-2H3,(H,18,22). The number of aromatic nitrogens is 2. The summed E-state index contributed by atoms with van der Waals surface area (Å²) in [6.07, 6.45) is 5.15. The number of furan rings is 1. The van der Waals surface area contributed by atoms with Crippen LogP contribution in [0.15, 0.2) is 27.2 Å². The van der Waals surface area contributed by atoms with Crippen molar-refractivity contribution in [2.24, 2.45) is 0 Å². The van der Waals surface area contributed by atoms with Crippen LogP contribution < -0.4 is 5.32 Å². The van der Waals surface area contributed by atoms with Crippen LogP contribution in [0.25, 0.3) is 11.7 Å². The van der Waals surface area contributed by atoms with Crippen molar-refractivity contribution in [3.8, 4) is 11.7 Å². The first-order chi connectivity index (χ1) is 11.7. The Bertz CT molecular complexity index is 641. The molecule has 1 fully saturated rings. The number of likely N-dealkylation sites (tertiary alicyclic amines) is 1. The van der Waals surface area contributed by atoms with Gasteiger partial charge in [0.15, 0.2) is 5.76 Å². The molecule has 0 aromatic carbocycles. The van der Waals surface area contributed by atoms with Crippen molar-refractivity contribution in [1.82, 2.24) is 20.4 Å². The van der Waals surface area contributed by atoms with Gasteiger partial charge in [0.1, 0.15) is 0 Å². The van der Waals surface area contributed by atoms with Gasteiger partial charge in [-0.05, 0) is 37.8 Å². The molecule has 1 saturated heterocycles. The van der Waals surface area contributed by atoms with Gasteiger partial charge >= 0.3 is 6.03 Å². The first-order valence-electron chi connectivity index (χ1n) is 8.64. The summed E-state index contributed by atoms with van der Waals surface area (Å²) >= 11 is 0. The van der Waals surface area contributed by atoms with E-state index in [1.54, 1.807) is 18.4 Å². The van der Waals surface area contributed by atoms with E-state index in [2.05, 4.69) is 29.4 Å². The van der Waals surface area contributed by atoms with Crippen LogP contribution in [0.5, 0.6) is 0 Å². The maximum Gasteiger partial charge on any atom is 0.317 e. The highest BCUT2D eigenvalue weighted by Gasteiger charge is 2.28. The number of carbonyl (C=O) groups excluding carboxylic acids is 1. The van der Waals surface area contributed by atoms with Gasteiger partial charge in [-0.1, -0.05) is 13.8 Å². The number of urea groups is 1. The van der Waals surface area contributed by atoms with Crippen molar-refractivity contribution in [1.29, 1.82) is 0 Å². The lowest BCUT2D eigenvalue weighted by Crippen LogP contribution is -2.47. The Morgan fingerprint density at radius 3 is 2.71 bits per heavy atom. The minimum absolute atomic E-state index is 0.0314. The van der Waals surface area contributed by atoms with E-state index in [1.165, 1.54) is 0 Å². The molecule has 0 saturated carbocycles. The van der Waals surface area contributed by atoms with Crippen molar-refractivity contribution in [3.05, 3.63) is 24.3 Å². The fraction of sp³-hybridized carbons (Fsp3) is 0.588. The van der Waals surface area contributed by atoms with Crippen molar-refractivity contribution >= 4 is 6.03 Å². The van der Waals surface area contributed by atoms with Crippen LogP contribution in [0, 0.1) is 0 Å². The van der Waals surface area contributed by atoms with Crippen LogP contribution in [0.3, 0.4) is 0 Å². The number of carbonyl (C=O) groups is 1. The van der Waals surface area contributed by atoms with Crippen molar-refractivity contribution in [2.45, 2.75) is 51.5 Å². The largest absolute Gasteiger partial charge is 0.459 e. The third-order valence-corrected chi connectivity index (χ3v) is 4.62. The Kier molecular flexibility index (Phi) is 5.17. The van der Waals surface area contributed by atoms with Crippen LogP contribution in [0.4, 0.5) is 4.79 Å². The lowest BCUT2D eigenvalue weighted by Gasteiger charge is -2.31. The summed E-state index contributed by atoms with van der Waals surface area (Å²) in [7, 11) is 0. The molecule has 0 spiro atoms. The molecule has 0 unspecified atom stereocenters. The molecule has 24 heavy (non-hydrogen) atoms. The number of nitrogens with zero attached hydrogens (tertiary/aromatic N) is 3. The van der Waals surface area contributed by atoms with Crippen LogP contribution in [0.1, 0.15) is 51.3 Å². The van der Waals surface area contributed by atoms with E-state index in [0.717, 1.165) is 25.7 Å². The molecule has 1 aliphatic heterocycles. The van der Waals surface area contributed by atoms with Gasteiger partial charge in [-0.25, -0.2) is 4.79 Å². The summed E-state index contributed by atoms with van der Waals surface area (Å²) in [6.45, 7) is 5.59. The molecule has 1 N–H and O–H groups in total. The van der Waals surface area contributed by atoms with Crippen molar-refractivity contribution in [3.63, 3.8) is 0 Å². The molecule has 2 amide bonds. The second-order valence-electron chi connectivity index (χ2n) is 6.15. The predicted octanol–water partition coefficient (Wildman–Crippen LogP) is 3.41. The van der Waals surface area contributed by atoms with Gasteiger partial charge in [-0.3, -0.25) is 0 Å². The zero-order valence-corrected chi connectivity index (χ0v) is 14.2. The second-order valence-corrected chi connectivity index (χ2v) is 6.15. The smallest absolute Gasteiger partial charge is 0.317 e. The molecule has 2 aromatic rings. The van der Waals surface area contributed by atoms with Gasteiger partial charge in [0.05, 0.1) is 6.26 Å². The summed E-state index contributed by atoms with van der Waals surface area (Å²) in [6, 6.07) is 3.86. The minimum atomic E-state index is 0.0314. The number of hydrogen-bond acceptors (Lipinski definition) is 5. The van der Waals surface area contributed by atoms with Crippen LogP contribution >= 0.6 is 0 Å². The molecular weight excluding hydrogens is 308 g/mol. The Hall–Kier alpha value is -2.31. The molecule has 7 nitrogen and oxygen atoms in total. The number of nitrogens with one attached hydrogen (secondary N) is 1. The van der Waals surface area contributed by atoms with E-state index >= 15 is 0 Å². The molecule has 0 atom stereocenters. The fourth-order valence-electron chi connectivity index (χ4n) is 2.99. The lowest BCUT2D eigenvalue weighted by molar-refractivity contribution is 0.173. The highest BCUT2D eigenvalue weighted by Crippen LogP contribution is 2.29. The normalized spacial score (nSPS) is 15.9. The van der Waals surface area contributed by atoms with E-state index in [4.69, 9.17) is 8.83 Å². The molecule has 0 radical (unpaired) electrons. The first kappa shape index (κ1) is 16.5. The average molecular weight is 332 g/mol. The van der Waals surface area contributed by atoms with Crippen LogP contribution in [0.2, 0.25) is 0 Å². The topological polar surface area (TPSA) is 84.4 Å². The van der Waals surface area contributed by atoms with Crippen molar-refractivity contribution in [2.75, 3.05) is 13.1 Å². The Morgan fingerprint density at radius 2 is 2.08 bits per heavy atom. The van der Waals surface area contributed by atoms with E-state index in [0.29, 0.717) is 30.6 Å². The lowest BCUT2D eigenvalue weighted by atomic mass is 9.97. The first-order valence-corrected chi connectivity index (χ1v) is 8.64. The average Bonchev–Trinajstić information content (AvgIpc) is 3.30. The van der Waals surface area contributed by atoms with E-state index in [1.807, 2.05) is 4.90 Å². The van der Waals surface area contributed by atoms with E-state index in [-0.39, 0.29) is 18.0 Å². The second kappa shape index (κ2) is 7.51. The Labute approximate surface area is 141 Å². The molecule has 7 heteroatoms. The molecule has 3 rings (SSSR count). The fourth-order valence-corrected chi connectivity index (χ4v) is 2.99. The monoisotopic (exact) mass is 332 g/mol. The van der Waals surface area contributed by atoms with Gasteiger partial charge in [0.25, 0.3) is 5.89 Å². The SMILES string of the molecule is CCC(CC)NC(=O)N1CCC(c2nnc(-c3ccco3)o2)CC1. The van der Waals surface area contributed by atoms with Gasteiger partial charge < -0.3 is 19.1 Å². The molecule has 3 heterocycles. The molecule has 2 aromatic heterocycles. The van der Waals surface area contributed by atoms with Crippen LogP contribution in [-0.2, 0) is 0 Å². The number of amides is 2. The van der Waals surface area contributed by atoms with Crippen molar-refractivity contribution < 1.29 is 13.6 Å². The van der Waals surface area contributed by atoms with Gasteiger partial charge in [0, 0.05) is 25.0 Å². The predicted molar refractivity (Wildman–Crippen MR) is 88.4 cm³/mol. The minimum Gasteiger partial charge on any atom is -0.459 e. The molecule has 1 aliphatic rings. The third kappa shape index (κ3) is 3.60. The quantitative estimate of drug-likeness (QED) is 0.907. The third-order valence-electron chi connectivity index (χ3n) is 4.62. The van der Waals surface area contributed by atoms with Gasteiger partial charge in [-0.2, -0.15) is 0 Å². The maximum absolute atomic E-state index is 12.3. The summed E-state index contributed by atoms with van der Waals surface area (Å²) in [5.41, 5.74) is 0. The molecular formula is C17H24N4O3. The number of hydrogen-bond donors (Lipinski definition) is 1.